The minimum atomic E-state index is 0.181. The van der Waals surface area contributed by atoms with Gasteiger partial charge in [0.1, 0.15) is 0 Å². The first-order chi connectivity index (χ1) is 15.4. The van der Waals surface area contributed by atoms with Crippen LogP contribution in [0.5, 0.6) is 0 Å². The molecule has 0 radical (unpaired) electrons. The average Bonchev–Trinajstić information content (AvgIpc) is 2.74. The van der Waals surface area contributed by atoms with Crippen LogP contribution in [0.2, 0.25) is 0 Å². The van der Waals surface area contributed by atoms with Crippen molar-refractivity contribution in [2.75, 3.05) is 24.1 Å². The van der Waals surface area contributed by atoms with Gasteiger partial charge in [0.25, 0.3) is 0 Å². The molecule has 0 fully saturated rings. The predicted octanol–water partition coefficient (Wildman–Crippen LogP) is 7.45. The van der Waals surface area contributed by atoms with Crippen LogP contribution in [0.15, 0.2) is 77.3 Å². The Kier molecular flexibility index (Phi) is 7.31. The highest BCUT2D eigenvalue weighted by Crippen LogP contribution is 2.32. The molecule has 1 aliphatic carbocycles. The monoisotopic (exact) mass is 441 g/mol. The Morgan fingerprint density at radius 2 is 1.42 bits per heavy atom. The van der Waals surface area contributed by atoms with E-state index in [2.05, 4.69) is 114 Å². The molecule has 0 aromatic heterocycles. The lowest BCUT2D eigenvalue weighted by Crippen LogP contribution is -2.18. The quantitative estimate of drug-likeness (QED) is 0.473. The molecule has 33 heavy (non-hydrogen) atoms. The van der Waals surface area contributed by atoms with Crippen molar-refractivity contribution in [3.63, 3.8) is 0 Å². The van der Waals surface area contributed by atoms with Gasteiger partial charge in [0.2, 0.25) is 0 Å². The van der Waals surface area contributed by atoms with Crippen molar-refractivity contribution in [1.29, 1.82) is 0 Å². The van der Waals surface area contributed by atoms with E-state index < -0.39 is 0 Å². The molecule has 2 aromatic rings. The molecule has 174 valence electrons. The van der Waals surface area contributed by atoms with Crippen LogP contribution in [-0.4, -0.2) is 18.8 Å². The normalized spacial score (nSPS) is 13.9. The van der Waals surface area contributed by atoms with Crippen molar-refractivity contribution in [2.24, 2.45) is 15.8 Å². The van der Waals surface area contributed by atoms with Gasteiger partial charge in [-0.1, -0.05) is 71.9 Å². The molecular weight excluding hydrogens is 402 g/mol. The Morgan fingerprint density at radius 1 is 0.818 bits per heavy atom. The van der Waals surface area contributed by atoms with E-state index in [4.69, 9.17) is 10.7 Å². The first kappa shape index (κ1) is 24.6. The molecule has 3 heteroatoms. The number of anilines is 2. The molecule has 0 heterocycles. The van der Waals surface area contributed by atoms with Gasteiger partial charge in [0.05, 0.1) is 5.71 Å². The van der Waals surface area contributed by atoms with Crippen molar-refractivity contribution in [3.8, 4) is 0 Å². The van der Waals surface area contributed by atoms with Gasteiger partial charge in [-0.2, -0.15) is 0 Å². The molecule has 0 spiro atoms. The highest BCUT2D eigenvalue weighted by atomic mass is 14.9. The maximum Gasteiger partial charge on any atom is 0.0574 e. The molecule has 3 nitrogen and oxygen atoms in total. The summed E-state index contributed by atoms with van der Waals surface area (Å²) >= 11 is 0. The number of benzene rings is 2. The SMILES string of the molecule is Cc1cc(C(=C2C=CC(=NCC(C)(C)C)C=C2)c2ccc(NCC(C)(C)C)cc2)ccc1N. The lowest BCUT2D eigenvalue weighted by molar-refractivity contribution is 0.430. The van der Waals surface area contributed by atoms with Gasteiger partial charge in [0, 0.05) is 24.5 Å². The topological polar surface area (TPSA) is 50.4 Å². The molecule has 2 aromatic carbocycles. The predicted molar refractivity (Wildman–Crippen MR) is 146 cm³/mol. The number of allylic oxidation sites excluding steroid dienone is 5. The zero-order valence-electron chi connectivity index (χ0n) is 21.3. The number of hydrogen-bond acceptors (Lipinski definition) is 3. The second-order valence-corrected chi connectivity index (χ2v) is 11.4. The van der Waals surface area contributed by atoms with Crippen molar-refractivity contribution < 1.29 is 0 Å². The lowest BCUT2D eigenvalue weighted by Gasteiger charge is -2.20. The zero-order valence-corrected chi connectivity index (χ0v) is 21.3. The summed E-state index contributed by atoms with van der Waals surface area (Å²) in [6, 6.07) is 15.0. The molecule has 3 N–H and O–H groups in total. The third-order valence-corrected chi connectivity index (χ3v) is 5.45. The Labute approximate surface area is 200 Å². The van der Waals surface area contributed by atoms with Crippen LogP contribution in [0, 0.1) is 17.8 Å². The van der Waals surface area contributed by atoms with E-state index in [1.165, 1.54) is 16.7 Å². The van der Waals surface area contributed by atoms with Crippen molar-refractivity contribution in [1.82, 2.24) is 0 Å². The van der Waals surface area contributed by atoms with Crippen LogP contribution in [0.25, 0.3) is 5.57 Å². The minimum Gasteiger partial charge on any atom is -0.399 e. The summed E-state index contributed by atoms with van der Waals surface area (Å²) in [6.07, 6.45) is 8.58. The number of hydrogen-bond donors (Lipinski definition) is 2. The van der Waals surface area contributed by atoms with Crippen LogP contribution in [0.4, 0.5) is 11.4 Å². The van der Waals surface area contributed by atoms with Gasteiger partial charge in [-0.05, 0) is 82.0 Å². The number of nitrogens with zero attached hydrogens (tertiary/aromatic N) is 1. The summed E-state index contributed by atoms with van der Waals surface area (Å²) in [7, 11) is 0. The molecule has 0 bridgehead atoms. The third kappa shape index (κ3) is 7.21. The Balaban J connectivity index is 1.98. The van der Waals surface area contributed by atoms with Crippen molar-refractivity contribution in [2.45, 2.75) is 48.5 Å². The van der Waals surface area contributed by atoms with E-state index in [1.807, 2.05) is 6.07 Å². The number of nitrogens with two attached hydrogens (primary N) is 1. The molecule has 0 unspecified atom stereocenters. The zero-order chi connectivity index (χ0) is 24.2. The molecule has 0 aliphatic heterocycles. The van der Waals surface area contributed by atoms with Gasteiger partial charge in [-0.3, -0.25) is 4.99 Å². The van der Waals surface area contributed by atoms with Gasteiger partial charge in [-0.25, -0.2) is 0 Å². The smallest absolute Gasteiger partial charge is 0.0574 e. The Morgan fingerprint density at radius 3 is 1.97 bits per heavy atom. The maximum atomic E-state index is 6.11. The summed E-state index contributed by atoms with van der Waals surface area (Å²) < 4.78 is 0. The standard InChI is InChI=1S/C30H39N3/c1-21-18-24(12-17-27(21)31)28(22-8-13-25(14-9-22)32-19-29(2,3)4)23-10-15-26(16-11-23)33-20-30(5,6)7/h8-18,32H,19-20,31H2,1-7H3. The lowest BCUT2D eigenvalue weighted by atomic mass is 9.89. The molecule has 0 saturated carbocycles. The minimum absolute atomic E-state index is 0.181. The van der Waals surface area contributed by atoms with E-state index >= 15 is 0 Å². The first-order valence-corrected chi connectivity index (χ1v) is 11.8. The highest BCUT2D eigenvalue weighted by Gasteiger charge is 2.14. The second-order valence-electron chi connectivity index (χ2n) is 11.4. The van der Waals surface area contributed by atoms with Crippen LogP contribution in [0.3, 0.4) is 0 Å². The highest BCUT2D eigenvalue weighted by molar-refractivity contribution is 6.07. The summed E-state index contributed by atoms with van der Waals surface area (Å²) in [5, 5.41) is 3.54. The summed E-state index contributed by atoms with van der Waals surface area (Å²) in [5.74, 6) is 0. The van der Waals surface area contributed by atoms with E-state index in [0.717, 1.165) is 41.3 Å². The number of aliphatic imine (C=N–C) groups is 1. The number of nitrogens with one attached hydrogen (secondary N) is 1. The Hall–Kier alpha value is -3.07. The molecule has 0 saturated heterocycles. The van der Waals surface area contributed by atoms with E-state index in [0.29, 0.717) is 0 Å². The fourth-order valence-corrected chi connectivity index (χ4v) is 3.52. The van der Waals surface area contributed by atoms with Crippen molar-refractivity contribution >= 4 is 22.7 Å². The second kappa shape index (κ2) is 9.82. The van der Waals surface area contributed by atoms with Gasteiger partial charge < -0.3 is 11.1 Å². The number of aryl methyl sites for hydroxylation is 1. The number of nitrogen functional groups attached to an aromatic ring is 1. The molecule has 0 atom stereocenters. The fraction of sp³-hybridized carbons (Fsp3) is 0.367. The van der Waals surface area contributed by atoms with Gasteiger partial charge in [0.15, 0.2) is 0 Å². The van der Waals surface area contributed by atoms with Crippen LogP contribution < -0.4 is 11.1 Å². The van der Waals surface area contributed by atoms with Crippen LogP contribution in [-0.2, 0) is 0 Å². The Bertz CT molecular complexity index is 1080. The van der Waals surface area contributed by atoms with Crippen LogP contribution in [0.1, 0.15) is 58.2 Å². The van der Waals surface area contributed by atoms with Crippen LogP contribution >= 0.6 is 0 Å². The van der Waals surface area contributed by atoms with E-state index in [-0.39, 0.29) is 10.8 Å². The van der Waals surface area contributed by atoms with Gasteiger partial charge in [-0.15, -0.1) is 0 Å². The molecular formula is C30H39N3. The molecule has 3 rings (SSSR count). The average molecular weight is 442 g/mol. The molecule has 0 amide bonds. The third-order valence-electron chi connectivity index (χ3n) is 5.45. The van der Waals surface area contributed by atoms with E-state index in [9.17, 15) is 0 Å². The summed E-state index contributed by atoms with van der Waals surface area (Å²) in [6.45, 7) is 17.1. The molecule has 1 aliphatic rings. The summed E-state index contributed by atoms with van der Waals surface area (Å²) in [5.41, 5.74) is 15.3. The first-order valence-electron chi connectivity index (χ1n) is 11.8. The van der Waals surface area contributed by atoms with E-state index in [1.54, 1.807) is 0 Å². The summed E-state index contributed by atoms with van der Waals surface area (Å²) in [4.78, 5) is 4.77. The van der Waals surface area contributed by atoms with Gasteiger partial charge >= 0.3 is 0 Å². The fourth-order valence-electron chi connectivity index (χ4n) is 3.52. The van der Waals surface area contributed by atoms with Crippen molar-refractivity contribution in [3.05, 3.63) is 89.0 Å². The maximum absolute atomic E-state index is 6.11. The number of rotatable bonds is 5. The largest absolute Gasteiger partial charge is 0.399 e.